The van der Waals surface area contributed by atoms with Gasteiger partial charge < -0.3 is 15.5 Å². The van der Waals surface area contributed by atoms with Crippen molar-refractivity contribution < 1.29 is 0 Å². The molecule has 0 unspecified atom stereocenters. The molecule has 0 amide bonds. The van der Waals surface area contributed by atoms with Gasteiger partial charge in [-0.05, 0) is 31.0 Å². The van der Waals surface area contributed by atoms with Crippen LogP contribution in [-0.4, -0.2) is 39.7 Å². The fourth-order valence-electron chi connectivity index (χ4n) is 1.73. The zero-order valence-corrected chi connectivity index (χ0v) is 12.6. The summed E-state index contributed by atoms with van der Waals surface area (Å²) < 4.78 is 0. The second-order valence-electron chi connectivity index (χ2n) is 4.63. The minimum absolute atomic E-state index is 0.489. The second-order valence-corrected chi connectivity index (χ2v) is 4.63. The van der Waals surface area contributed by atoms with Crippen LogP contribution in [0.3, 0.4) is 0 Å². The Labute approximate surface area is 122 Å². The molecule has 1 rings (SSSR count). The lowest BCUT2D eigenvalue weighted by molar-refractivity contribution is 0.855. The van der Waals surface area contributed by atoms with Crippen molar-refractivity contribution in [3.05, 3.63) is 29.8 Å². The Kier molecular flexibility index (Phi) is 7.05. The highest BCUT2D eigenvalue weighted by molar-refractivity contribution is 5.79. The topological polar surface area (TPSA) is 39.7 Å². The minimum Gasteiger partial charge on any atom is -0.378 e. The van der Waals surface area contributed by atoms with Crippen LogP contribution < -0.4 is 15.5 Å². The van der Waals surface area contributed by atoms with Crippen LogP contribution in [-0.2, 0) is 6.42 Å². The molecular weight excluding hydrogens is 248 g/mol. The van der Waals surface area contributed by atoms with Crippen LogP contribution in [0.15, 0.2) is 29.3 Å². The molecular formula is C16H24N4. The summed E-state index contributed by atoms with van der Waals surface area (Å²) in [6.07, 6.45) is 6.15. The number of benzene rings is 1. The molecule has 20 heavy (non-hydrogen) atoms. The predicted octanol–water partition coefficient (Wildman–Crippen LogP) is 1.48. The summed E-state index contributed by atoms with van der Waals surface area (Å²) in [7, 11) is 4.08. The smallest absolute Gasteiger partial charge is 0.192 e. The highest BCUT2D eigenvalue weighted by Gasteiger charge is 1.98. The lowest BCUT2D eigenvalue weighted by atomic mass is 10.1. The largest absolute Gasteiger partial charge is 0.378 e. The molecule has 0 atom stereocenters. The number of nitrogens with one attached hydrogen (secondary N) is 2. The summed E-state index contributed by atoms with van der Waals surface area (Å²) in [5.41, 5.74) is 2.49. The number of aliphatic imine (C=N–C) groups is 1. The molecule has 0 aromatic heterocycles. The maximum absolute atomic E-state index is 5.23. The van der Waals surface area contributed by atoms with Gasteiger partial charge in [0, 0.05) is 32.9 Å². The first kappa shape index (κ1) is 15.9. The van der Waals surface area contributed by atoms with Crippen molar-refractivity contribution in [3.63, 3.8) is 0 Å². The summed E-state index contributed by atoms with van der Waals surface area (Å²) in [4.78, 5) is 6.58. The van der Waals surface area contributed by atoms with E-state index in [4.69, 9.17) is 6.42 Å². The zero-order valence-electron chi connectivity index (χ0n) is 12.6. The van der Waals surface area contributed by atoms with Gasteiger partial charge in [-0.15, -0.1) is 6.42 Å². The van der Waals surface area contributed by atoms with Crippen LogP contribution in [0, 0.1) is 12.3 Å². The van der Waals surface area contributed by atoms with Crippen molar-refractivity contribution in [2.45, 2.75) is 13.3 Å². The first-order valence-corrected chi connectivity index (χ1v) is 6.89. The van der Waals surface area contributed by atoms with E-state index in [1.165, 1.54) is 11.3 Å². The van der Waals surface area contributed by atoms with E-state index in [0.717, 1.165) is 25.5 Å². The van der Waals surface area contributed by atoms with Gasteiger partial charge in [0.2, 0.25) is 0 Å². The fourth-order valence-corrected chi connectivity index (χ4v) is 1.73. The summed E-state index contributed by atoms with van der Waals surface area (Å²) in [6, 6.07) is 8.54. The number of anilines is 1. The van der Waals surface area contributed by atoms with Crippen LogP contribution in [0.1, 0.15) is 12.5 Å². The molecule has 0 radical (unpaired) electrons. The monoisotopic (exact) mass is 272 g/mol. The molecule has 0 saturated heterocycles. The Bertz CT molecular complexity index is 454. The zero-order chi connectivity index (χ0) is 14.8. The van der Waals surface area contributed by atoms with Crippen molar-refractivity contribution in [1.29, 1.82) is 0 Å². The SMILES string of the molecule is C#CCNC(=NCCc1ccc(N(C)C)cc1)NCC. The number of rotatable bonds is 6. The van der Waals surface area contributed by atoms with Gasteiger partial charge in [0.15, 0.2) is 5.96 Å². The summed E-state index contributed by atoms with van der Waals surface area (Å²) in [5, 5.41) is 6.24. The molecule has 0 saturated carbocycles. The molecule has 0 aliphatic carbocycles. The molecule has 0 fully saturated rings. The highest BCUT2D eigenvalue weighted by atomic mass is 15.2. The summed E-state index contributed by atoms with van der Waals surface area (Å²) in [6.45, 7) is 4.09. The van der Waals surface area contributed by atoms with Gasteiger partial charge in [0.1, 0.15) is 0 Å². The van der Waals surface area contributed by atoms with E-state index in [1.807, 2.05) is 21.0 Å². The average molecular weight is 272 g/mol. The van der Waals surface area contributed by atoms with E-state index in [0.29, 0.717) is 6.54 Å². The molecule has 4 nitrogen and oxygen atoms in total. The number of hydrogen-bond donors (Lipinski definition) is 2. The molecule has 4 heteroatoms. The molecule has 0 aliphatic rings. The van der Waals surface area contributed by atoms with Gasteiger partial charge in [0.25, 0.3) is 0 Å². The normalized spacial score (nSPS) is 10.8. The quantitative estimate of drug-likeness (QED) is 0.468. The Hall–Kier alpha value is -2.15. The lowest BCUT2D eigenvalue weighted by Crippen LogP contribution is -2.37. The van der Waals surface area contributed by atoms with Crippen LogP contribution >= 0.6 is 0 Å². The number of terminal acetylenes is 1. The fraction of sp³-hybridized carbons (Fsp3) is 0.438. The van der Waals surface area contributed by atoms with Crippen LogP contribution in [0.4, 0.5) is 5.69 Å². The Balaban J connectivity index is 2.50. The summed E-state index contributed by atoms with van der Waals surface area (Å²) in [5.74, 6) is 3.32. The molecule has 0 aliphatic heterocycles. The molecule has 1 aromatic carbocycles. The van der Waals surface area contributed by atoms with Crippen LogP contribution in [0.5, 0.6) is 0 Å². The molecule has 0 heterocycles. The van der Waals surface area contributed by atoms with Gasteiger partial charge in [-0.2, -0.15) is 0 Å². The molecule has 0 spiro atoms. The van der Waals surface area contributed by atoms with Gasteiger partial charge in [-0.25, -0.2) is 0 Å². The Morgan fingerprint density at radius 2 is 1.95 bits per heavy atom. The van der Waals surface area contributed by atoms with Crippen molar-refractivity contribution in [2.75, 3.05) is 38.6 Å². The number of hydrogen-bond acceptors (Lipinski definition) is 2. The third-order valence-corrected chi connectivity index (χ3v) is 2.83. The first-order chi connectivity index (χ1) is 9.67. The second kappa shape index (κ2) is 8.87. The molecule has 108 valence electrons. The maximum atomic E-state index is 5.23. The minimum atomic E-state index is 0.489. The van der Waals surface area contributed by atoms with Crippen molar-refractivity contribution in [2.24, 2.45) is 4.99 Å². The van der Waals surface area contributed by atoms with E-state index in [2.05, 4.69) is 50.7 Å². The number of guanidine groups is 1. The number of nitrogens with zero attached hydrogens (tertiary/aromatic N) is 2. The van der Waals surface area contributed by atoms with Gasteiger partial charge in [-0.1, -0.05) is 18.1 Å². The van der Waals surface area contributed by atoms with Crippen molar-refractivity contribution in [3.8, 4) is 12.3 Å². The predicted molar refractivity (Wildman–Crippen MR) is 87.3 cm³/mol. The molecule has 2 N–H and O–H groups in total. The van der Waals surface area contributed by atoms with E-state index in [9.17, 15) is 0 Å². The van der Waals surface area contributed by atoms with Gasteiger partial charge in [-0.3, -0.25) is 4.99 Å². The average Bonchev–Trinajstić information content (AvgIpc) is 2.45. The Morgan fingerprint density at radius 3 is 2.50 bits per heavy atom. The van der Waals surface area contributed by atoms with Gasteiger partial charge in [0.05, 0.1) is 6.54 Å². The van der Waals surface area contributed by atoms with Crippen LogP contribution in [0.2, 0.25) is 0 Å². The lowest BCUT2D eigenvalue weighted by Gasteiger charge is -2.12. The standard InChI is InChI=1S/C16H24N4/c1-5-12-18-16(17-6-2)19-13-11-14-7-9-15(10-8-14)20(3)4/h1,7-10H,6,11-13H2,2-4H3,(H2,17,18,19). The van der Waals surface area contributed by atoms with E-state index in [1.54, 1.807) is 0 Å². The van der Waals surface area contributed by atoms with Crippen molar-refractivity contribution in [1.82, 2.24) is 10.6 Å². The van der Waals surface area contributed by atoms with Gasteiger partial charge >= 0.3 is 0 Å². The maximum Gasteiger partial charge on any atom is 0.192 e. The first-order valence-electron chi connectivity index (χ1n) is 6.89. The van der Waals surface area contributed by atoms with E-state index < -0.39 is 0 Å². The van der Waals surface area contributed by atoms with Crippen LogP contribution in [0.25, 0.3) is 0 Å². The van der Waals surface area contributed by atoms with E-state index in [-0.39, 0.29) is 0 Å². The molecule has 1 aromatic rings. The van der Waals surface area contributed by atoms with E-state index >= 15 is 0 Å². The summed E-state index contributed by atoms with van der Waals surface area (Å²) >= 11 is 0. The highest BCUT2D eigenvalue weighted by Crippen LogP contribution is 2.12. The van der Waals surface area contributed by atoms with Crippen molar-refractivity contribution >= 4 is 11.6 Å². The third-order valence-electron chi connectivity index (χ3n) is 2.83. The molecule has 0 bridgehead atoms. The Morgan fingerprint density at radius 1 is 1.25 bits per heavy atom. The third kappa shape index (κ3) is 5.66.